The van der Waals surface area contributed by atoms with Gasteiger partial charge in [-0.3, -0.25) is 4.79 Å². The largest absolute Gasteiger partial charge is 0.412 e. The highest BCUT2D eigenvalue weighted by molar-refractivity contribution is 6.74. The van der Waals surface area contributed by atoms with Gasteiger partial charge in [-0.2, -0.15) is 0 Å². The van der Waals surface area contributed by atoms with Gasteiger partial charge in [0.25, 0.3) is 0 Å². The average molecular weight is 363 g/mol. The summed E-state index contributed by atoms with van der Waals surface area (Å²) in [5.74, 6) is -0.569. The molecule has 0 bridgehead atoms. The quantitative estimate of drug-likeness (QED) is 0.770. The number of halogens is 1. The van der Waals surface area contributed by atoms with Crippen LogP contribution in [0.25, 0.3) is 10.9 Å². The predicted molar refractivity (Wildman–Crippen MR) is 102 cm³/mol. The van der Waals surface area contributed by atoms with Crippen molar-refractivity contribution in [2.24, 2.45) is 0 Å². The number of amides is 1. The normalized spacial score (nSPS) is 17.9. The van der Waals surface area contributed by atoms with Gasteiger partial charge in [0.1, 0.15) is 11.7 Å². The molecule has 0 radical (unpaired) electrons. The van der Waals surface area contributed by atoms with E-state index in [9.17, 15) is 4.79 Å². The fraction of sp³-hybridized carbons (Fsp3) is 0.526. The van der Waals surface area contributed by atoms with Crippen molar-refractivity contribution >= 4 is 30.8 Å². The molecule has 1 unspecified atom stereocenters. The first-order valence-electron chi connectivity index (χ1n) is 8.72. The molecule has 6 heteroatoms. The van der Waals surface area contributed by atoms with E-state index in [0.717, 1.165) is 16.6 Å². The standard InChI is InChI=1S/C19H27FN2O2Si/c1-11-8-13-9-14(10-24-25(6,7)19(3,4)5)15(20)16-17(13)22(11)12(2)18(23)21-16/h8-9,12H,10H2,1-7H3,(H,21,23). The summed E-state index contributed by atoms with van der Waals surface area (Å²) in [6.07, 6.45) is 0. The molecule has 25 heavy (non-hydrogen) atoms. The van der Waals surface area contributed by atoms with Crippen LogP contribution in [0.4, 0.5) is 10.1 Å². The summed E-state index contributed by atoms with van der Waals surface area (Å²) in [4.78, 5) is 12.2. The van der Waals surface area contributed by atoms with Gasteiger partial charge < -0.3 is 14.3 Å². The summed E-state index contributed by atoms with van der Waals surface area (Å²) in [5, 5.41) is 3.74. The Kier molecular flexibility index (Phi) is 4.12. The molecule has 1 amide bonds. The number of hydrogen-bond acceptors (Lipinski definition) is 2. The van der Waals surface area contributed by atoms with E-state index in [1.165, 1.54) is 0 Å². The van der Waals surface area contributed by atoms with Crippen molar-refractivity contribution in [1.82, 2.24) is 4.57 Å². The van der Waals surface area contributed by atoms with Gasteiger partial charge in [0, 0.05) is 16.6 Å². The maximum atomic E-state index is 15.1. The Labute approximate surface area is 149 Å². The lowest BCUT2D eigenvalue weighted by Crippen LogP contribution is -2.40. The summed E-state index contributed by atoms with van der Waals surface area (Å²) in [6, 6.07) is 3.53. The minimum Gasteiger partial charge on any atom is -0.412 e. The fourth-order valence-electron chi connectivity index (χ4n) is 3.11. The van der Waals surface area contributed by atoms with Crippen LogP contribution in [0.5, 0.6) is 0 Å². The number of hydrogen-bond donors (Lipinski definition) is 1. The molecule has 2 aromatic rings. The highest BCUT2D eigenvalue weighted by Gasteiger charge is 2.37. The molecular weight excluding hydrogens is 335 g/mol. The minimum atomic E-state index is -1.98. The first-order chi connectivity index (χ1) is 11.4. The van der Waals surface area contributed by atoms with Crippen LogP contribution in [-0.4, -0.2) is 18.8 Å². The van der Waals surface area contributed by atoms with Gasteiger partial charge in [-0.1, -0.05) is 20.8 Å². The van der Waals surface area contributed by atoms with Crippen molar-refractivity contribution in [2.75, 3.05) is 5.32 Å². The van der Waals surface area contributed by atoms with E-state index in [1.54, 1.807) is 0 Å². The molecule has 1 aliphatic heterocycles. The molecule has 0 spiro atoms. The van der Waals surface area contributed by atoms with Crippen LogP contribution >= 0.6 is 0 Å². The maximum absolute atomic E-state index is 15.1. The van der Waals surface area contributed by atoms with Crippen LogP contribution in [0.1, 0.15) is 45.0 Å². The number of nitrogens with zero attached hydrogens (tertiary/aromatic N) is 1. The first-order valence-corrected chi connectivity index (χ1v) is 11.6. The van der Waals surface area contributed by atoms with Gasteiger partial charge >= 0.3 is 0 Å². The van der Waals surface area contributed by atoms with Crippen molar-refractivity contribution in [2.45, 2.75) is 65.4 Å². The SMILES string of the molecule is Cc1cc2cc(CO[Si](C)(C)C(C)(C)C)c(F)c3c2n1C(C)C(=O)N3. The molecule has 136 valence electrons. The second-order valence-electron chi connectivity index (χ2n) is 8.53. The van der Waals surface area contributed by atoms with E-state index >= 15 is 4.39 Å². The van der Waals surface area contributed by atoms with Crippen molar-refractivity contribution in [3.63, 3.8) is 0 Å². The Hall–Kier alpha value is -1.66. The molecule has 1 atom stereocenters. The molecule has 0 saturated heterocycles. The summed E-state index contributed by atoms with van der Waals surface area (Å²) >= 11 is 0. The Bertz CT molecular complexity index is 865. The smallest absolute Gasteiger partial charge is 0.247 e. The highest BCUT2D eigenvalue weighted by Crippen LogP contribution is 2.40. The van der Waals surface area contributed by atoms with E-state index in [0.29, 0.717) is 5.56 Å². The average Bonchev–Trinajstić information content (AvgIpc) is 2.82. The van der Waals surface area contributed by atoms with Crippen LogP contribution < -0.4 is 5.32 Å². The lowest BCUT2D eigenvalue weighted by molar-refractivity contribution is -0.119. The van der Waals surface area contributed by atoms with E-state index < -0.39 is 8.32 Å². The summed E-state index contributed by atoms with van der Waals surface area (Å²) < 4.78 is 23.2. The number of anilines is 1. The third kappa shape index (κ3) is 2.81. The second kappa shape index (κ2) is 5.67. The number of nitrogens with one attached hydrogen (secondary N) is 1. The lowest BCUT2D eigenvalue weighted by atomic mass is 10.1. The van der Waals surface area contributed by atoms with E-state index in [4.69, 9.17) is 4.43 Å². The Morgan fingerprint density at radius 1 is 1.32 bits per heavy atom. The molecule has 2 heterocycles. The zero-order valence-corrected chi connectivity index (χ0v) is 17.1. The molecule has 4 nitrogen and oxygen atoms in total. The zero-order valence-electron chi connectivity index (χ0n) is 16.1. The first kappa shape index (κ1) is 18.1. The maximum Gasteiger partial charge on any atom is 0.247 e. The van der Waals surface area contributed by atoms with Crippen molar-refractivity contribution in [3.8, 4) is 0 Å². The number of carbonyl (C=O) groups excluding carboxylic acids is 1. The Balaban J connectivity index is 2.06. The van der Waals surface area contributed by atoms with Gasteiger partial charge in [0.05, 0.1) is 12.1 Å². The van der Waals surface area contributed by atoms with Crippen LogP contribution in [0.3, 0.4) is 0 Å². The predicted octanol–water partition coefficient (Wildman–Crippen LogP) is 5.12. The van der Waals surface area contributed by atoms with Gasteiger partial charge in [-0.25, -0.2) is 4.39 Å². The van der Waals surface area contributed by atoms with Crippen molar-refractivity contribution in [1.29, 1.82) is 0 Å². The second-order valence-corrected chi connectivity index (χ2v) is 13.3. The molecule has 1 N–H and O–H groups in total. The highest BCUT2D eigenvalue weighted by atomic mass is 28.4. The van der Waals surface area contributed by atoms with Crippen LogP contribution in [0.2, 0.25) is 18.1 Å². The molecule has 1 aliphatic rings. The van der Waals surface area contributed by atoms with Crippen molar-refractivity contribution in [3.05, 3.63) is 29.2 Å². The number of rotatable bonds is 3. The van der Waals surface area contributed by atoms with Crippen LogP contribution in [-0.2, 0) is 15.8 Å². The van der Waals surface area contributed by atoms with Crippen LogP contribution in [0.15, 0.2) is 12.1 Å². The van der Waals surface area contributed by atoms with E-state index in [1.807, 2.05) is 30.5 Å². The Morgan fingerprint density at radius 2 is 1.96 bits per heavy atom. The monoisotopic (exact) mass is 362 g/mol. The molecular formula is C19H27FN2O2Si. The van der Waals surface area contributed by atoms with Gasteiger partial charge in [-0.05, 0) is 44.1 Å². The van der Waals surface area contributed by atoms with Crippen molar-refractivity contribution < 1.29 is 13.6 Å². The fourth-order valence-corrected chi connectivity index (χ4v) is 4.06. The summed E-state index contributed by atoms with van der Waals surface area (Å²) in [5.41, 5.74) is 2.50. The number of aromatic nitrogens is 1. The Morgan fingerprint density at radius 3 is 2.56 bits per heavy atom. The summed E-state index contributed by atoms with van der Waals surface area (Å²) in [7, 11) is -1.98. The molecule has 0 fully saturated rings. The minimum absolute atomic E-state index is 0.0609. The lowest BCUT2D eigenvalue weighted by Gasteiger charge is -2.36. The van der Waals surface area contributed by atoms with Gasteiger partial charge in [0.2, 0.25) is 5.91 Å². The van der Waals surface area contributed by atoms with Gasteiger partial charge in [-0.15, -0.1) is 0 Å². The molecule has 0 aliphatic carbocycles. The molecule has 1 aromatic carbocycles. The van der Waals surface area contributed by atoms with Crippen LogP contribution in [0, 0.1) is 12.7 Å². The third-order valence-corrected chi connectivity index (χ3v) is 10.2. The topological polar surface area (TPSA) is 43.3 Å². The van der Waals surface area contributed by atoms with Gasteiger partial charge in [0.15, 0.2) is 14.1 Å². The molecule has 0 saturated carbocycles. The number of benzene rings is 1. The zero-order chi connectivity index (χ0) is 18.7. The number of carbonyl (C=O) groups is 1. The van der Waals surface area contributed by atoms with E-state index in [-0.39, 0.29) is 35.1 Å². The summed E-state index contributed by atoms with van der Waals surface area (Å²) in [6.45, 7) is 14.8. The molecule has 1 aromatic heterocycles. The van der Waals surface area contributed by atoms with E-state index in [2.05, 4.69) is 39.2 Å². The molecule has 3 rings (SSSR count). The number of aryl methyl sites for hydroxylation is 1. The third-order valence-electron chi connectivity index (χ3n) is 5.74.